The van der Waals surface area contributed by atoms with Gasteiger partial charge in [-0.25, -0.2) is 9.59 Å². The largest absolute Gasteiger partial charge is 0.494 e. The van der Waals surface area contributed by atoms with Gasteiger partial charge >= 0.3 is 11.9 Å². The molecule has 40 heavy (non-hydrogen) atoms. The van der Waals surface area contributed by atoms with Crippen molar-refractivity contribution in [2.45, 2.75) is 76.7 Å². The maximum atomic E-state index is 12.6. The molecule has 0 amide bonds. The predicted octanol–water partition coefficient (Wildman–Crippen LogP) is 8.34. The van der Waals surface area contributed by atoms with E-state index in [9.17, 15) is 9.59 Å². The van der Waals surface area contributed by atoms with Gasteiger partial charge < -0.3 is 19.3 Å². The summed E-state index contributed by atoms with van der Waals surface area (Å²) in [5, 5.41) is 9.04. The van der Waals surface area contributed by atoms with E-state index in [-0.39, 0.29) is 5.56 Å². The van der Waals surface area contributed by atoms with Crippen molar-refractivity contribution in [3.8, 4) is 22.6 Å². The Balaban J connectivity index is 1.07. The molecule has 1 aliphatic rings. The van der Waals surface area contributed by atoms with Crippen LogP contribution in [0.2, 0.25) is 0 Å². The van der Waals surface area contributed by atoms with Crippen molar-refractivity contribution in [3.05, 3.63) is 83.9 Å². The monoisotopic (exact) mass is 544 g/mol. The van der Waals surface area contributed by atoms with Crippen LogP contribution in [0, 0.1) is 0 Å². The summed E-state index contributed by atoms with van der Waals surface area (Å²) in [6.45, 7) is 1.67. The van der Waals surface area contributed by atoms with E-state index in [1.54, 1.807) is 60.7 Å². The van der Waals surface area contributed by atoms with Crippen LogP contribution in [0.25, 0.3) is 11.1 Å². The Bertz CT molecular complexity index is 1180. The molecule has 212 valence electrons. The lowest BCUT2D eigenvalue weighted by Gasteiger charge is -2.08. The molecule has 1 atom stereocenters. The lowest BCUT2D eigenvalue weighted by Crippen LogP contribution is -2.08. The van der Waals surface area contributed by atoms with Crippen LogP contribution in [0.3, 0.4) is 0 Å². The first kappa shape index (κ1) is 29.3. The quantitative estimate of drug-likeness (QED) is 0.0750. The predicted molar refractivity (Wildman–Crippen MR) is 156 cm³/mol. The van der Waals surface area contributed by atoms with E-state index >= 15 is 0 Å². The van der Waals surface area contributed by atoms with Crippen molar-refractivity contribution >= 4 is 11.9 Å². The highest BCUT2D eigenvalue weighted by atomic mass is 16.6. The van der Waals surface area contributed by atoms with Gasteiger partial charge in [0.2, 0.25) is 0 Å². The minimum Gasteiger partial charge on any atom is -0.494 e. The number of hydrogen-bond acceptors (Lipinski definition) is 5. The number of carboxylic acid groups (broad SMARTS) is 1. The number of hydrogen-bond donors (Lipinski definition) is 1. The fraction of sp³-hybridized carbons (Fsp3) is 0.412. The van der Waals surface area contributed by atoms with E-state index in [1.807, 2.05) is 12.1 Å². The molecule has 0 spiro atoms. The third-order valence-corrected chi connectivity index (χ3v) is 7.21. The van der Waals surface area contributed by atoms with Crippen molar-refractivity contribution in [1.29, 1.82) is 0 Å². The SMILES string of the molecule is O=C(O)c1ccc(-c2ccc(OC(=O)c3ccc(OCCCCCCCCCCCCC4CO4)cc3)cc2)cc1. The summed E-state index contributed by atoms with van der Waals surface area (Å²) in [4.78, 5) is 23.6. The molecule has 1 N–H and O–H groups in total. The summed E-state index contributed by atoms with van der Waals surface area (Å²) in [6, 6.07) is 20.8. The number of rotatable bonds is 18. The molecule has 3 aromatic rings. The van der Waals surface area contributed by atoms with E-state index in [1.165, 1.54) is 64.2 Å². The first-order valence-corrected chi connectivity index (χ1v) is 14.6. The van der Waals surface area contributed by atoms with E-state index < -0.39 is 11.9 Å². The Morgan fingerprint density at radius 1 is 0.650 bits per heavy atom. The van der Waals surface area contributed by atoms with Crippen LogP contribution < -0.4 is 9.47 Å². The Morgan fingerprint density at radius 3 is 1.68 bits per heavy atom. The van der Waals surface area contributed by atoms with Crippen LogP contribution in [-0.2, 0) is 4.74 Å². The molecule has 1 unspecified atom stereocenters. The molecule has 0 saturated carbocycles. The molecule has 6 heteroatoms. The Hall–Kier alpha value is -3.64. The fourth-order valence-electron chi connectivity index (χ4n) is 4.69. The summed E-state index contributed by atoms with van der Waals surface area (Å²) in [5.41, 5.74) is 2.48. The second-order valence-electron chi connectivity index (χ2n) is 10.4. The van der Waals surface area contributed by atoms with Crippen LogP contribution in [0.5, 0.6) is 11.5 Å². The summed E-state index contributed by atoms with van der Waals surface area (Å²) >= 11 is 0. The minimum atomic E-state index is -0.957. The molecule has 1 saturated heterocycles. The zero-order valence-corrected chi connectivity index (χ0v) is 23.2. The number of benzene rings is 3. The molecule has 1 aliphatic heterocycles. The molecule has 0 bridgehead atoms. The third kappa shape index (κ3) is 10.2. The summed E-state index contributed by atoms with van der Waals surface area (Å²) in [7, 11) is 0. The maximum absolute atomic E-state index is 12.6. The van der Waals surface area contributed by atoms with Gasteiger partial charge in [-0.3, -0.25) is 0 Å². The summed E-state index contributed by atoms with van der Waals surface area (Å²) in [6.07, 6.45) is 14.7. The van der Waals surface area contributed by atoms with Crippen LogP contribution in [-0.4, -0.2) is 36.4 Å². The van der Waals surface area contributed by atoms with Crippen LogP contribution in [0.4, 0.5) is 0 Å². The molecule has 3 aromatic carbocycles. The normalized spacial score (nSPS) is 14.1. The second kappa shape index (κ2) is 15.8. The molecule has 0 radical (unpaired) electrons. The molecule has 1 fully saturated rings. The molecule has 6 nitrogen and oxygen atoms in total. The van der Waals surface area contributed by atoms with Gasteiger partial charge in [-0.05, 0) is 72.5 Å². The highest BCUT2D eigenvalue weighted by Gasteiger charge is 2.20. The van der Waals surface area contributed by atoms with Crippen molar-refractivity contribution in [1.82, 2.24) is 0 Å². The smallest absolute Gasteiger partial charge is 0.343 e. The zero-order chi connectivity index (χ0) is 28.0. The minimum absolute atomic E-state index is 0.239. The van der Waals surface area contributed by atoms with Gasteiger partial charge in [0.1, 0.15) is 11.5 Å². The third-order valence-electron chi connectivity index (χ3n) is 7.21. The topological polar surface area (TPSA) is 85.4 Å². The number of unbranched alkanes of at least 4 members (excludes halogenated alkanes) is 9. The first-order chi connectivity index (χ1) is 19.6. The van der Waals surface area contributed by atoms with Crippen molar-refractivity contribution in [2.75, 3.05) is 13.2 Å². The number of ether oxygens (including phenoxy) is 3. The number of esters is 1. The lowest BCUT2D eigenvalue weighted by molar-refractivity contribution is 0.0694. The standard InChI is InChI=1S/C34H40O6/c35-33(36)28-14-12-26(13-15-28)27-16-22-31(23-17-27)40-34(37)29-18-20-30(21-19-29)38-24-10-8-6-4-2-1-3-5-7-9-11-32-25-39-32/h12-23,32H,1-11,24-25H2,(H,35,36). The number of epoxide rings is 1. The lowest BCUT2D eigenvalue weighted by atomic mass is 10.0. The Labute approximate surface area is 237 Å². The average Bonchev–Trinajstić information content (AvgIpc) is 3.81. The number of carbonyl (C=O) groups is 2. The zero-order valence-electron chi connectivity index (χ0n) is 23.2. The molecular weight excluding hydrogens is 504 g/mol. The molecule has 4 rings (SSSR count). The van der Waals surface area contributed by atoms with Crippen molar-refractivity contribution < 1.29 is 28.9 Å². The Morgan fingerprint density at radius 2 is 1.12 bits per heavy atom. The molecule has 0 aliphatic carbocycles. The van der Waals surface area contributed by atoms with E-state index in [0.717, 1.165) is 29.9 Å². The molecular formula is C34H40O6. The van der Waals surface area contributed by atoms with Crippen molar-refractivity contribution in [2.24, 2.45) is 0 Å². The number of carbonyl (C=O) groups excluding carboxylic acids is 1. The number of carboxylic acids is 1. The van der Waals surface area contributed by atoms with E-state index in [4.69, 9.17) is 19.3 Å². The fourth-order valence-corrected chi connectivity index (χ4v) is 4.69. The van der Waals surface area contributed by atoms with Crippen LogP contribution in [0.1, 0.15) is 91.3 Å². The van der Waals surface area contributed by atoms with Gasteiger partial charge in [0.25, 0.3) is 0 Å². The summed E-state index contributed by atoms with van der Waals surface area (Å²) in [5.74, 6) is -0.196. The average molecular weight is 545 g/mol. The maximum Gasteiger partial charge on any atom is 0.343 e. The van der Waals surface area contributed by atoms with Crippen LogP contribution in [0.15, 0.2) is 72.8 Å². The van der Waals surface area contributed by atoms with Crippen molar-refractivity contribution in [3.63, 3.8) is 0 Å². The van der Waals surface area contributed by atoms with Gasteiger partial charge in [0, 0.05) is 0 Å². The van der Waals surface area contributed by atoms with Gasteiger partial charge in [-0.15, -0.1) is 0 Å². The van der Waals surface area contributed by atoms with Gasteiger partial charge in [-0.1, -0.05) is 82.1 Å². The highest BCUT2D eigenvalue weighted by Crippen LogP contribution is 2.24. The highest BCUT2D eigenvalue weighted by molar-refractivity contribution is 5.91. The Kier molecular flexibility index (Phi) is 11.6. The second-order valence-corrected chi connectivity index (χ2v) is 10.4. The molecule has 1 heterocycles. The van der Waals surface area contributed by atoms with Crippen LogP contribution >= 0.6 is 0 Å². The first-order valence-electron chi connectivity index (χ1n) is 14.6. The van der Waals surface area contributed by atoms with E-state index in [2.05, 4.69) is 0 Å². The van der Waals surface area contributed by atoms with Gasteiger partial charge in [0.15, 0.2) is 0 Å². The van der Waals surface area contributed by atoms with Gasteiger partial charge in [-0.2, -0.15) is 0 Å². The summed E-state index contributed by atoms with van der Waals surface area (Å²) < 4.78 is 16.6. The van der Waals surface area contributed by atoms with Gasteiger partial charge in [0.05, 0.1) is 30.4 Å². The number of aromatic carboxylic acids is 1. The van der Waals surface area contributed by atoms with E-state index in [0.29, 0.717) is 24.0 Å². The molecule has 0 aromatic heterocycles.